The summed E-state index contributed by atoms with van der Waals surface area (Å²) in [5.41, 5.74) is 19.2. The lowest BCUT2D eigenvalue weighted by Gasteiger charge is -2.30. The molecule has 0 aliphatic carbocycles. The molecule has 0 radical (unpaired) electrons. The number of rotatable bonds is 8. The average molecular weight is 613 g/mol. The monoisotopic (exact) mass is 612 g/mol. The van der Waals surface area contributed by atoms with Gasteiger partial charge in [0.1, 0.15) is 0 Å². The van der Waals surface area contributed by atoms with E-state index in [0.29, 0.717) is 0 Å². The number of aryl methyl sites for hydroxylation is 7. The lowest BCUT2D eigenvalue weighted by atomic mass is 9.95. The zero-order chi connectivity index (χ0) is 33.2. The van der Waals surface area contributed by atoms with E-state index in [9.17, 15) is 0 Å². The number of hydrogen-bond donors (Lipinski definition) is 0. The van der Waals surface area contributed by atoms with E-state index in [1.54, 1.807) is 0 Å². The van der Waals surface area contributed by atoms with E-state index in [2.05, 4.69) is 186 Å². The Morgan fingerprint density at radius 3 is 1.38 bits per heavy atom. The molecule has 47 heavy (non-hydrogen) atoms. The Hall–Kier alpha value is -5.34. The Balaban J connectivity index is 1.43. The Bertz CT molecular complexity index is 2030. The fraction of sp³-hybridized carbons (Fsp3) is 0.156. The Morgan fingerprint density at radius 2 is 0.915 bits per heavy atom. The van der Waals surface area contributed by atoms with Gasteiger partial charge in [-0.3, -0.25) is 0 Å². The summed E-state index contributed by atoms with van der Waals surface area (Å²) in [6.45, 7) is 19.3. The summed E-state index contributed by atoms with van der Waals surface area (Å²) >= 11 is 0. The van der Waals surface area contributed by atoms with Crippen LogP contribution in [0.1, 0.15) is 44.5 Å². The van der Waals surface area contributed by atoms with Crippen molar-refractivity contribution >= 4 is 40.2 Å². The predicted molar refractivity (Wildman–Crippen MR) is 204 cm³/mol. The predicted octanol–water partition coefficient (Wildman–Crippen LogP) is 13.1. The molecule has 0 heterocycles. The van der Waals surface area contributed by atoms with Crippen molar-refractivity contribution in [2.24, 2.45) is 0 Å². The lowest BCUT2D eigenvalue weighted by Crippen LogP contribution is -2.13. The SMILES string of the molecule is C=Cc1ccc(N(c2cccc(C)c2)c2ccc(-c3cc(C)c(N(c4cccc(C)c4)c4cccc(C)c4)c(C)c3)cc2C)cc1C. The molecule has 0 aliphatic heterocycles. The molecule has 0 atom stereocenters. The van der Waals surface area contributed by atoms with Crippen LogP contribution in [0.15, 0.2) is 128 Å². The molecule has 0 bridgehead atoms. The number of nitrogens with zero attached hydrogens (tertiary/aromatic N) is 2. The van der Waals surface area contributed by atoms with E-state index in [1.165, 1.54) is 72.8 Å². The van der Waals surface area contributed by atoms with Gasteiger partial charge in [0.25, 0.3) is 0 Å². The highest BCUT2D eigenvalue weighted by Gasteiger charge is 2.20. The first-order valence-corrected chi connectivity index (χ1v) is 16.4. The van der Waals surface area contributed by atoms with Crippen LogP contribution in [0, 0.1) is 48.5 Å². The third-order valence-corrected chi connectivity index (χ3v) is 9.00. The van der Waals surface area contributed by atoms with Crippen LogP contribution >= 0.6 is 0 Å². The van der Waals surface area contributed by atoms with Gasteiger partial charge in [0.2, 0.25) is 0 Å². The van der Waals surface area contributed by atoms with Gasteiger partial charge in [0.05, 0.1) is 5.69 Å². The fourth-order valence-electron chi connectivity index (χ4n) is 6.72. The second-order valence-corrected chi connectivity index (χ2v) is 12.9. The number of anilines is 6. The van der Waals surface area contributed by atoms with Crippen LogP contribution in [-0.4, -0.2) is 0 Å². The summed E-state index contributed by atoms with van der Waals surface area (Å²) in [5.74, 6) is 0. The van der Waals surface area contributed by atoms with E-state index < -0.39 is 0 Å². The van der Waals surface area contributed by atoms with E-state index >= 15 is 0 Å². The van der Waals surface area contributed by atoms with Gasteiger partial charge in [0.15, 0.2) is 0 Å². The minimum absolute atomic E-state index is 1.14. The molecule has 0 saturated carbocycles. The molecule has 0 saturated heterocycles. The third-order valence-electron chi connectivity index (χ3n) is 9.00. The molecule has 0 fully saturated rings. The van der Waals surface area contributed by atoms with E-state index in [0.717, 1.165) is 16.9 Å². The van der Waals surface area contributed by atoms with Crippen LogP contribution < -0.4 is 9.80 Å². The van der Waals surface area contributed by atoms with Crippen LogP contribution in [0.3, 0.4) is 0 Å². The molecule has 6 aromatic rings. The molecule has 0 N–H and O–H groups in total. The Morgan fingerprint density at radius 1 is 0.426 bits per heavy atom. The quantitative estimate of drug-likeness (QED) is 0.169. The maximum absolute atomic E-state index is 4.00. The van der Waals surface area contributed by atoms with Crippen molar-refractivity contribution in [3.8, 4) is 11.1 Å². The second kappa shape index (κ2) is 13.2. The number of hydrogen-bond acceptors (Lipinski definition) is 2. The Labute approximate surface area is 281 Å². The van der Waals surface area contributed by atoms with E-state index in [1.807, 2.05) is 6.08 Å². The summed E-state index contributed by atoms with van der Waals surface area (Å²) in [6.07, 6.45) is 1.92. The molecule has 0 amide bonds. The van der Waals surface area contributed by atoms with E-state index in [-0.39, 0.29) is 0 Å². The van der Waals surface area contributed by atoms with Crippen LogP contribution in [-0.2, 0) is 0 Å². The van der Waals surface area contributed by atoms with Crippen LogP contribution in [0.5, 0.6) is 0 Å². The first-order valence-electron chi connectivity index (χ1n) is 16.4. The molecular weight excluding hydrogens is 569 g/mol. The maximum Gasteiger partial charge on any atom is 0.0520 e. The lowest BCUT2D eigenvalue weighted by molar-refractivity contribution is 1.21. The molecule has 6 rings (SSSR count). The molecule has 0 aromatic heterocycles. The highest BCUT2D eigenvalue weighted by molar-refractivity contribution is 5.85. The first-order chi connectivity index (χ1) is 22.6. The van der Waals surface area contributed by atoms with Crippen LogP contribution in [0.2, 0.25) is 0 Å². The van der Waals surface area contributed by atoms with Crippen molar-refractivity contribution in [2.45, 2.75) is 48.5 Å². The average Bonchev–Trinajstić information content (AvgIpc) is 3.03. The van der Waals surface area contributed by atoms with Crippen molar-refractivity contribution in [1.29, 1.82) is 0 Å². The van der Waals surface area contributed by atoms with Gasteiger partial charge in [-0.15, -0.1) is 0 Å². The summed E-state index contributed by atoms with van der Waals surface area (Å²) in [5, 5.41) is 0. The molecule has 234 valence electrons. The van der Waals surface area contributed by atoms with E-state index in [4.69, 9.17) is 0 Å². The fourth-order valence-corrected chi connectivity index (χ4v) is 6.72. The van der Waals surface area contributed by atoms with Gasteiger partial charge in [-0.1, -0.05) is 61.2 Å². The van der Waals surface area contributed by atoms with Crippen LogP contribution in [0.4, 0.5) is 34.1 Å². The van der Waals surface area contributed by atoms with Gasteiger partial charge < -0.3 is 9.80 Å². The topological polar surface area (TPSA) is 6.48 Å². The minimum Gasteiger partial charge on any atom is -0.310 e. The summed E-state index contributed by atoms with van der Waals surface area (Å²) in [4.78, 5) is 4.77. The molecule has 2 heteroatoms. The highest BCUT2D eigenvalue weighted by Crippen LogP contribution is 2.43. The minimum atomic E-state index is 1.14. The van der Waals surface area contributed by atoms with Crippen molar-refractivity contribution in [1.82, 2.24) is 0 Å². The Kier molecular flexibility index (Phi) is 8.87. The highest BCUT2D eigenvalue weighted by atomic mass is 15.2. The van der Waals surface area contributed by atoms with Gasteiger partial charge in [-0.05, 0) is 177 Å². The normalized spacial score (nSPS) is 11.0. The standard InChI is InChI=1S/C45H44N2/c1-9-37-19-21-43(29-33(37)5)46(40-16-10-13-30(2)23-40)44-22-20-38(26-34(44)6)39-27-35(7)45(36(8)28-39)47(41-17-11-14-31(3)24-41)42-18-12-15-32(4)25-42/h9-29H,1H2,2-8H3. The maximum atomic E-state index is 4.00. The van der Waals surface area contributed by atoms with Gasteiger partial charge >= 0.3 is 0 Å². The van der Waals surface area contributed by atoms with Crippen molar-refractivity contribution in [3.63, 3.8) is 0 Å². The summed E-state index contributed by atoms with van der Waals surface area (Å²) < 4.78 is 0. The van der Waals surface area contributed by atoms with Crippen molar-refractivity contribution < 1.29 is 0 Å². The number of benzene rings is 6. The molecule has 0 aliphatic rings. The third kappa shape index (κ3) is 6.50. The summed E-state index contributed by atoms with van der Waals surface area (Å²) in [6, 6.07) is 44.4. The smallest absolute Gasteiger partial charge is 0.0520 e. The molecular formula is C45H44N2. The molecule has 6 aromatic carbocycles. The van der Waals surface area contributed by atoms with Crippen molar-refractivity contribution in [3.05, 3.63) is 172 Å². The van der Waals surface area contributed by atoms with Crippen molar-refractivity contribution in [2.75, 3.05) is 9.80 Å². The molecule has 0 unspecified atom stereocenters. The van der Waals surface area contributed by atoms with Crippen LogP contribution in [0.25, 0.3) is 17.2 Å². The second-order valence-electron chi connectivity index (χ2n) is 12.9. The first kappa shape index (κ1) is 31.6. The van der Waals surface area contributed by atoms with Gasteiger partial charge in [0, 0.05) is 28.4 Å². The molecule has 2 nitrogen and oxygen atoms in total. The largest absolute Gasteiger partial charge is 0.310 e. The zero-order valence-electron chi connectivity index (χ0n) is 28.7. The van der Waals surface area contributed by atoms with Gasteiger partial charge in [-0.25, -0.2) is 0 Å². The molecule has 0 spiro atoms. The van der Waals surface area contributed by atoms with Gasteiger partial charge in [-0.2, -0.15) is 0 Å². The summed E-state index contributed by atoms with van der Waals surface area (Å²) in [7, 11) is 0. The zero-order valence-corrected chi connectivity index (χ0v) is 28.7.